The molecule has 1 fully saturated rings. The summed E-state index contributed by atoms with van der Waals surface area (Å²) in [5, 5.41) is 71.2. The smallest absolute Gasteiger partial charge is 0.161 e. The molecule has 0 amide bonds. The van der Waals surface area contributed by atoms with E-state index in [0.29, 0.717) is 56.0 Å². The van der Waals surface area contributed by atoms with E-state index in [9.17, 15) is 30.6 Å². The molecule has 0 spiro atoms. The van der Waals surface area contributed by atoms with Crippen LogP contribution in [0.25, 0.3) is 0 Å². The minimum Gasteiger partial charge on any atom is -0.504 e. The number of aliphatic hydroxyl groups is 5. The molecule has 11 nitrogen and oxygen atoms in total. The predicted octanol–water partition coefficient (Wildman–Crippen LogP) is 7.33. The van der Waals surface area contributed by atoms with Gasteiger partial charge in [-0.3, -0.25) is 0 Å². The molecule has 0 radical (unpaired) electrons. The number of rotatable bonds is 14. The molecule has 1 aromatic heterocycles. The van der Waals surface area contributed by atoms with Gasteiger partial charge in [0.2, 0.25) is 0 Å². The second-order valence-electron chi connectivity index (χ2n) is 19.7. The van der Waals surface area contributed by atoms with Crippen LogP contribution < -0.4 is 15.8 Å². The van der Waals surface area contributed by atoms with Crippen LogP contribution in [0.2, 0.25) is 0 Å². The monoisotopic (exact) mass is 967 g/mol. The van der Waals surface area contributed by atoms with E-state index < -0.39 is 29.6 Å². The number of aryl methyl sites for hydroxylation is 1. The Bertz CT molecular complexity index is 2280. The number of nitrogens with two attached hydrogens (primary N) is 1. The zero-order chi connectivity index (χ0) is 47.6. The van der Waals surface area contributed by atoms with Crippen molar-refractivity contribution in [3.05, 3.63) is 118 Å². The number of nitrogens with one attached hydrogen (secondary N) is 2. The normalized spacial score (nSPS) is 31.1. The fraction of sp³-hybridized carbons (Fsp3) is 0.564. The van der Waals surface area contributed by atoms with E-state index in [-0.39, 0.29) is 73.6 Å². The largest absolute Gasteiger partial charge is 0.504 e. The van der Waals surface area contributed by atoms with Gasteiger partial charge < -0.3 is 56.1 Å². The lowest BCUT2D eigenvalue weighted by molar-refractivity contribution is -0.0605. The molecule has 3 heterocycles. The molecular formula is C55H73N3O8S2. The second kappa shape index (κ2) is 23.8. The fourth-order valence-electron chi connectivity index (χ4n) is 11.8. The number of phenols is 1. The van der Waals surface area contributed by atoms with E-state index in [4.69, 9.17) is 15.2 Å². The molecule has 3 aliphatic carbocycles. The van der Waals surface area contributed by atoms with E-state index >= 15 is 0 Å². The summed E-state index contributed by atoms with van der Waals surface area (Å²) < 4.78 is 13.4. The number of allylic oxidation sites excluding steroid dienone is 3. The standard InChI is InChI=1S/C55H73N3O8S2/c1-2-36-25-38-28-47(62)50(66-51-29-39(26-41-11-8-20-57-41)42-15-21-58-54(56)46(42)34-68-67-33-40(32-61)53(51)64)31-44(38)45-30-48(63)52-37(27-43(36)45)14-18-55(19-22-59,17-13-35-9-4-3-5-10-35)16-7-6-12-49(52)65-24-23-60/h3-5,8-11,15,20,27-28,31,36-37,39-40,45,48-49,51-53,57-64H,2,6-7,12-13,16-17,19,21-26,29-30,32-34,56H2,1H3/t36-,37-,39-,40-,45-,48+,49-,51+,52-,53+,55-/m0/s1. The first-order valence-corrected chi connectivity index (χ1v) is 27.5. The van der Waals surface area contributed by atoms with Crippen LogP contribution in [0, 0.1) is 46.8 Å². The van der Waals surface area contributed by atoms with Gasteiger partial charge in [0.15, 0.2) is 11.5 Å². The van der Waals surface area contributed by atoms with Crippen molar-refractivity contribution in [2.24, 2.45) is 40.7 Å². The number of benzene rings is 2. The Morgan fingerprint density at radius 2 is 1.81 bits per heavy atom. The summed E-state index contributed by atoms with van der Waals surface area (Å²) >= 11 is 0. The lowest BCUT2D eigenvalue weighted by Crippen LogP contribution is -2.42. The average Bonchev–Trinajstić information content (AvgIpc) is 3.80. The molecule has 2 aromatic carbocycles. The summed E-state index contributed by atoms with van der Waals surface area (Å²) in [5.74, 6) is 8.27. The van der Waals surface area contributed by atoms with Crippen LogP contribution in [0.4, 0.5) is 0 Å². The third kappa shape index (κ3) is 11.8. The third-order valence-corrected chi connectivity index (χ3v) is 17.9. The topological polar surface area (TPSA) is 194 Å². The molecular weight excluding hydrogens is 895 g/mol. The molecule has 1 saturated heterocycles. The van der Waals surface area contributed by atoms with Crippen molar-refractivity contribution < 1.29 is 40.1 Å². The van der Waals surface area contributed by atoms with Crippen LogP contribution in [-0.2, 0) is 24.0 Å². The summed E-state index contributed by atoms with van der Waals surface area (Å²) in [6, 6.07) is 18.3. The van der Waals surface area contributed by atoms with E-state index in [1.54, 1.807) is 21.6 Å². The zero-order valence-corrected chi connectivity index (χ0v) is 41.2. The van der Waals surface area contributed by atoms with Crippen LogP contribution in [0.3, 0.4) is 0 Å². The molecule has 5 aliphatic rings. The quantitative estimate of drug-likeness (QED) is 0.0445. The van der Waals surface area contributed by atoms with Gasteiger partial charge in [0.05, 0.1) is 31.5 Å². The van der Waals surface area contributed by atoms with E-state index in [1.165, 1.54) is 11.1 Å². The van der Waals surface area contributed by atoms with Crippen molar-refractivity contribution in [1.29, 1.82) is 0 Å². The Labute approximate surface area is 410 Å². The Morgan fingerprint density at radius 3 is 2.57 bits per heavy atom. The van der Waals surface area contributed by atoms with Gasteiger partial charge in [-0.15, -0.1) is 0 Å². The number of aromatic amines is 1. The minimum atomic E-state index is -1.05. The highest BCUT2D eigenvalue weighted by Crippen LogP contribution is 2.51. The lowest BCUT2D eigenvalue weighted by atomic mass is 9.70. The van der Waals surface area contributed by atoms with E-state index in [2.05, 4.69) is 71.5 Å². The maximum Gasteiger partial charge on any atom is 0.161 e. The number of fused-ring (bicyclic) bond motifs is 5. The van der Waals surface area contributed by atoms with Gasteiger partial charge in [0.25, 0.3) is 0 Å². The fourth-order valence-corrected chi connectivity index (χ4v) is 14.3. The molecule has 0 bridgehead atoms. The summed E-state index contributed by atoms with van der Waals surface area (Å²) in [4.78, 5) is 3.37. The number of phenolic OH excluding ortho intramolecular Hbond substituents is 1. The third-order valence-electron chi connectivity index (χ3n) is 15.5. The minimum absolute atomic E-state index is 0.00719. The van der Waals surface area contributed by atoms with Crippen LogP contribution >= 0.6 is 21.6 Å². The number of hydrogen-bond acceptors (Lipinski definition) is 12. The molecule has 0 saturated carbocycles. The molecule has 368 valence electrons. The predicted molar refractivity (Wildman–Crippen MR) is 272 cm³/mol. The number of aromatic nitrogens is 1. The van der Waals surface area contributed by atoms with Crippen molar-refractivity contribution in [3.8, 4) is 23.3 Å². The van der Waals surface area contributed by atoms with Gasteiger partial charge in [-0.1, -0.05) is 101 Å². The summed E-state index contributed by atoms with van der Waals surface area (Å²) in [6.45, 7) is 2.66. The molecule has 0 unspecified atom stereocenters. The lowest BCUT2D eigenvalue weighted by Gasteiger charge is -2.37. The van der Waals surface area contributed by atoms with Gasteiger partial charge in [-0.2, -0.15) is 0 Å². The van der Waals surface area contributed by atoms with Crippen molar-refractivity contribution >= 4 is 21.6 Å². The zero-order valence-electron chi connectivity index (χ0n) is 39.5. The Hall–Kier alpha value is -3.84. The Kier molecular flexibility index (Phi) is 17.7. The number of dihydropyridines is 1. The van der Waals surface area contributed by atoms with Crippen LogP contribution in [-0.4, -0.2) is 105 Å². The SMILES string of the molecule is CC[C@H]1Cc2cc(O)c(O[C@@H]3C[C@H](Cc4ccc[nH]4)C4=CCNC(N)=C4CSSC[C@H](CO)[C@H]3O)cc2[C@H]2C[C@@H](O)[C@H]3[C@@H](OCCO)CCCC[C@](CCO)(CCc4ccccc4)C#C[C@H]3C=C12. The highest BCUT2D eigenvalue weighted by atomic mass is 33.1. The van der Waals surface area contributed by atoms with Gasteiger partial charge in [-0.25, -0.2) is 0 Å². The second-order valence-corrected chi connectivity index (χ2v) is 22.2. The van der Waals surface area contributed by atoms with Crippen molar-refractivity contribution in [2.75, 3.05) is 44.5 Å². The maximum absolute atomic E-state index is 12.6. The maximum atomic E-state index is 12.6. The number of aliphatic hydroxyl groups excluding tert-OH is 5. The van der Waals surface area contributed by atoms with Gasteiger partial charge in [0.1, 0.15) is 11.9 Å². The Morgan fingerprint density at radius 1 is 0.956 bits per heavy atom. The van der Waals surface area contributed by atoms with Crippen LogP contribution in [0.1, 0.15) is 93.0 Å². The number of aromatic hydroxyl groups is 1. The number of ether oxygens (including phenoxy) is 2. The highest BCUT2D eigenvalue weighted by molar-refractivity contribution is 8.76. The van der Waals surface area contributed by atoms with Gasteiger partial charge in [-0.05, 0) is 123 Å². The van der Waals surface area contributed by atoms with Crippen molar-refractivity contribution in [1.82, 2.24) is 10.3 Å². The molecule has 10 N–H and O–H groups in total. The molecule has 13 heteroatoms. The van der Waals surface area contributed by atoms with Gasteiger partial charge in [0, 0.05) is 77.8 Å². The summed E-state index contributed by atoms with van der Waals surface area (Å²) in [6.07, 6.45) is 12.1. The molecule has 8 rings (SSSR count). The molecule has 11 atom stereocenters. The highest BCUT2D eigenvalue weighted by Gasteiger charge is 2.44. The first kappa shape index (κ1) is 50.5. The molecule has 68 heavy (non-hydrogen) atoms. The Balaban J connectivity index is 1.18. The van der Waals surface area contributed by atoms with Crippen molar-refractivity contribution in [3.63, 3.8) is 0 Å². The summed E-state index contributed by atoms with van der Waals surface area (Å²) in [5.41, 5.74) is 13.9. The first-order chi connectivity index (χ1) is 33.1. The van der Waals surface area contributed by atoms with E-state index in [0.717, 1.165) is 72.9 Å². The van der Waals surface area contributed by atoms with Crippen LogP contribution in [0.5, 0.6) is 11.5 Å². The van der Waals surface area contributed by atoms with Gasteiger partial charge >= 0.3 is 0 Å². The average molecular weight is 968 g/mol. The first-order valence-electron chi connectivity index (χ1n) is 25.0. The summed E-state index contributed by atoms with van der Waals surface area (Å²) in [7, 11) is 3.26. The van der Waals surface area contributed by atoms with E-state index in [1.807, 2.05) is 30.5 Å². The van der Waals surface area contributed by atoms with Crippen LogP contribution in [0.15, 0.2) is 95.5 Å². The number of H-pyrrole nitrogens is 1. The molecule has 3 aromatic rings. The van der Waals surface area contributed by atoms with Crippen molar-refractivity contribution in [2.45, 2.75) is 114 Å². The number of hydrogen-bond donors (Lipinski definition) is 9. The molecule has 2 aliphatic heterocycles.